The standard InChI is InChI=1S/C23H34FN3OS/c1-23(2,3)22(28)26-12-6-17(7-13-26)15-25-10-8-19(9-11-25)27-16-29-21-14-18(24)4-5-20(21)27/h4-5,14,17,19H,6-13,15-16H2,1-3H3. The Kier molecular flexibility index (Phi) is 6.12. The maximum Gasteiger partial charge on any atom is 0.227 e. The first-order chi connectivity index (χ1) is 13.8. The summed E-state index contributed by atoms with van der Waals surface area (Å²) in [4.78, 5) is 20.7. The lowest BCUT2D eigenvalue weighted by atomic mass is 9.90. The van der Waals surface area contributed by atoms with Gasteiger partial charge >= 0.3 is 0 Å². The average molecular weight is 420 g/mol. The van der Waals surface area contributed by atoms with E-state index in [1.54, 1.807) is 23.9 Å². The van der Waals surface area contributed by atoms with Gasteiger partial charge in [-0.2, -0.15) is 0 Å². The number of thioether (sulfide) groups is 1. The highest BCUT2D eigenvalue weighted by atomic mass is 32.2. The van der Waals surface area contributed by atoms with Crippen molar-refractivity contribution in [2.24, 2.45) is 11.3 Å². The van der Waals surface area contributed by atoms with Gasteiger partial charge in [-0.1, -0.05) is 20.8 Å². The van der Waals surface area contributed by atoms with E-state index in [1.165, 1.54) is 25.1 Å². The van der Waals surface area contributed by atoms with E-state index in [9.17, 15) is 9.18 Å². The number of likely N-dealkylation sites (tertiary alicyclic amines) is 2. The number of carbonyl (C=O) groups excluding carboxylic acids is 1. The first kappa shape index (κ1) is 21.0. The molecule has 4 nitrogen and oxygen atoms in total. The summed E-state index contributed by atoms with van der Waals surface area (Å²) in [5, 5.41) is 0. The van der Waals surface area contributed by atoms with Crippen molar-refractivity contribution in [3.63, 3.8) is 0 Å². The molecule has 0 aliphatic carbocycles. The van der Waals surface area contributed by atoms with Crippen LogP contribution in [0.3, 0.4) is 0 Å². The van der Waals surface area contributed by atoms with Gasteiger partial charge in [-0.15, -0.1) is 11.8 Å². The van der Waals surface area contributed by atoms with Crippen molar-refractivity contribution in [3.8, 4) is 0 Å². The summed E-state index contributed by atoms with van der Waals surface area (Å²) < 4.78 is 13.5. The van der Waals surface area contributed by atoms with Crippen LogP contribution in [0.4, 0.5) is 10.1 Å². The Labute approximate surface area is 178 Å². The van der Waals surface area contributed by atoms with Crippen LogP contribution in [0.15, 0.2) is 23.1 Å². The molecule has 1 aromatic rings. The van der Waals surface area contributed by atoms with Crippen molar-refractivity contribution in [2.75, 3.05) is 43.5 Å². The molecule has 2 fully saturated rings. The van der Waals surface area contributed by atoms with E-state index >= 15 is 0 Å². The molecule has 3 aliphatic heterocycles. The van der Waals surface area contributed by atoms with Crippen LogP contribution < -0.4 is 4.90 Å². The highest BCUT2D eigenvalue weighted by Crippen LogP contribution is 2.41. The number of nitrogens with zero attached hydrogens (tertiary/aromatic N) is 3. The van der Waals surface area contributed by atoms with E-state index < -0.39 is 0 Å². The number of piperidine rings is 2. The van der Waals surface area contributed by atoms with Crippen LogP contribution in [0.1, 0.15) is 46.5 Å². The maximum absolute atomic E-state index is 13.5. The number of fused-ring (bicyclic) bond motifs is 1. The normalized spacial score (nSPS) is 22.2. The zero-order valence-electron chi connectivity index (χ0n) is 18.0. The van der Waals surface area contributed by atoms with Crippen molar-refractivity contribution in [2.45, 2.75) is 57.4 Å². The molecule has 0 N–H and O–H groups in total. The van der Waals surface area contributed by atoms with Crippen molar-refractivity contribution in [1.82, 2.24) is 9.80 Å². The van der Waals surface area contributed by atoms with E-state index in [4.69, 9.17) is 0 Å². The second-order valence-electron chi connectivity index (χ2n) is 9.87. The largest absolute Gasteiger partial charge is 0.358 e. The quantitative estimate of drug-likeness (QED) is 0.724. The van der Waals surface area contributed by atoms with Gasteiger partial charge in [0.25, 0.3) is 0 Å². The van der Waals surface area contributed by atoms with E-state index in [2.05, 4.69) is 14.7 Å². The third kappa shape index (κ3) is 4.74. The molecule has 0 unspecified atom stereocenters. The minimum Gasteiger partial charge on any atom is -0.358 e. The molecule has 0 radical (unpaired) electrons. The summed E-state index contributed by atoms with van der Waals surface area (Å²) in [5.41, 5.74) is 0.943. The Balaban J connectivity index is 1.23. The highest BCUT2D eigenvalue weighted by molar-refractivity contribution is 7.99. The second kappa shape index (κ2) is 8.46. The minimum absolute atomic E-state index is 0.136. The van der Waals surface area contributed by atoms with Crippen LogP contribution in [0.25, 0.3) is 0 Å². The van der Waals surface area contributed by atoms with Gasteiger partial charge < -0.3 is 14.7 Å². The molecule has 0 saturated carbocycles. The predicted octanol–water partition coefficient (Wildman–Crippen LogP) is 4.44. The van der Waals surface area contributed by atoms with E-state index in [0.29, 0.717) is 17.9 Å². The third-order valence-electron chi connectivity index (χ3n) is 6.65. The van der Waals surface area contributed by atoms with Crippen LogP contribution in [-0.4, -0.2) is 60.3 Å². The molecule has 3 heterocycles. The van der Waals surface area contributed by atoms with Gasteiger partial charge in [0.1, 0.15) is 5.82 Å². The zero-order valence-corrected chi connectivity index (χ0v) is 18.8. The molecular weight excluding hydrogens is 385 g/mol. The van der Waals surface area contributed by atoms with Gasteiger partial charge in [-0.3, -0.25) is 4.79 Å². The van der Waals surface area contributed by atoms with Crippen LogP contribution in [0, 0.1) is 17.2 Å². The first-order valence-corrected chi connectivity index (χ1v) is 12.0. The van der Waals surface area contributed by atoms with E-state index in [0.717, 1.165) is 49.8 Å². The van der Waals surface area contributed by atoms with Crippen LogP contribution in [0.2, 0.25) is 0 Å². The van der Waals surface area contributed by atoms with Crippen LogP contribution in [0.5, 0.6) is 0 Å². The maximum atomic E-state index is 13.5. The smallest absolute Gasteiger partial charge is 0.227 e. The first-order valence-electron chi connectivity index (χ1n) is 11.0. The summed E-state index contributed by atoms with van der Waals surface area (Å²) in [6, 6.07) is 5.77. The van der Waals surface area contributed by atoms with Gasteiger partial charge in [0, 0.05) is 49.1 Å². The molecule has 160 valence electrons. The highest BCUT2D eigenvalue weighted by Gasteiger charge is 2.33. The number of rotatable bonds is 3. The van der Waals surface area contributed by atoms with Gasteiger partial charge in [0.2, 0.25) is 5.91 Å². The Morgan fingerprint density at radius 2 is 1.79 bits per heavy atom. The Hall–Kier alpha value is -1.27. The lowest BCUT2D eigenvalue weighted by Crippen LogP contribution is -2.48. The molecule has 6 heteroatoms. The molecule has 2 saturated heterocycles. The van der Waals surface area contributed by atoms with Gasteiger partial charge in [0.15, 0.2) is 0 Å². The molecule has 4 rings (SSSR count). The number of hydrogen-bond donors (Lipinski definition) is 0. The molecule has 1 amide bonds. The predicted molar refractivity (Wildman–Crippen MR) is 118 cm³/mol. The molecule has 1 aromatic carbocycles. The zero-order chi connectivity index (χ0) is 20.6. The molecule has 0 bridgehead atoms. The summed E-state index contributed by atoms with van der Waals surface area (Å²) in [5.74, 6) is 1.81. The Morgan fingerprint density at radius 1 is 1.10 bits per heavy atom. The van der Waals surface area contributed by atoms with Crippen molar-refractivity contribution < 1.29 is 9.18 Å². The number of benzene rings is 1. The molecule has 29 heavy (non-hydrogen) atoms. The monoisotopic (exact) mass is 419 g/mol. The molecule has 3 aliphatic rings. The molecule has 0 atom stereocenters. The Morgan fingerprint density at radius 3 is 2.45 bits per heavy atom. The van der Waals surface area contributed by atoms with E-state index in [1.807, 2.05) is 26.8 Å². The topological polar surface area (TPSA) is 26.8 Å². The summed E-state index contributed by atoms with van der Waals surface area (Å²) in [6.45, 7) is 11.3. The van der Waals surface area contributed by atoms with Gasteiger partial charge in [0.05, 0.1) is 11.6 Å². The number of carbonyl (C=O) groups is 1. The van der Waals surface area contributed by atoms with Crippen molar-refractivity contribution >= 4 is 23.4 Å². The average Bonchev–Trinajstić information content (AvgIpc) is 3.11. The van der Waals surface area contributed by atoms with E-state index in [-0.39, 0.29) is 11.2 Å². The van der Waals surface area contributed by atoms with Crippen LogP contribution in [-0.2, 0) is 4.79 Å². The van der Waals surface area contributed by atoms with Crippen LogP contribution >= 0.6 is 11.8 Å². The lowest BCUT2D eigenvalue weighted by molar-refractivity contribution is -0.141. The summed E-state index contributed by atoms with van der Waals surface area (Å²) in [7, 11) is 0. The lowest BCUT2D eigenvalue weighted by Gasteiger charge is -2.41. The fourth-order valence-electron chi connectivity index (χ4n) is 4.92. The second-order valence-corrected chi connectivity index (χ2v) is 10.9. The Bertz CT molecular complexity index is 734. The molecule has 0 spiro atoms. The minimum atomic E-state index is -0.271. The number of amides is 1. The third-order valence-corrected chi connectivity index (χ3v) is 7.69. The SMILES string of the molecule is CC(C)(C)C(=O)N1CCC(CN2CCC(N3CSc4cc(F)ccc43)CC2)CC1. The fourth-order valence-corrected chi connectivity index (χ4v) is 6.08. The van der Waals surface area contributed by atoms with Gasteiger partial charge in [-0.05, 0) is 49.8 Å². The number of halogens is 1. The summed E-state index contributed by atoms with van der Waals surface area (Å²) in [6.07, 6.45) is 4.62. The molecular formula is C23H34FN3OS. The number of anilines is 1. The fraction of sp³-hybridized carbons (Fsp3) is 0.696. The number of hydrogen-bond acceptors (Lipinski definition) is 4. The van der Waals surface area contributed by atoms with Crippen molar-refractivity contribution in [3.05, 3.63) is 24.0 Å². The van der Waals surface area contributed by atoms with Crippen molar-refractivity contribution in [1.29, 1.82) is 0 Å². The summed E-state index contributed by atoms with van der Waals surface area (Å²) >= 11 is 1.76. The van der Waals surface area contributed by atoms with Gasteiger partial charge in [-0.25, -0.2) is 4.39 Å². The molecule has 0 aromatic heterocycles.